The Morgan fingerprint density at radius 1 is 0.893 bits per heavy atom. The first kappa shape index (κ1) is 18.3. The van der Waals surface area contributed by atoms with E-state index < -0.39 is 0 Å². The molecular weight excluding hydrogens is 348 g/mol. The second-order valence-corrected chi connectivity index (χ2v) is 7.05. The third-order valence-corrected chi connectivity index (χ3v) is 5.05. The molecule has 3 aromatic rings. The van der Waals surface area contributed by atoms with Crippen molar-refractivity contribution in [3.05, 3.63) is 89.9 Å². The Labute approximate surface area is 165 Å². The lowest BCUT2D eigenvalue weighted by Gasteiger charge is -2.23. The van der Waals surface area contributed by atoms with Crippen LogP contribution in [0.5, 0.6) is 0 Å². The number of rotatable bonds is 5. The molecule has 5 nitrogen and oxygen atoms in total. The van der Waals surface area contributed by atoms with E-state index in [4.69, 9.17) is 0 Å². The van der Waals surface area contributed by atoms with Gasteiger partial charge < -0.3 is 4.90 Å². The van der Waals surface area contributed by atoms with Crippen molar-refractivity contribution in [2.45, 2.75) is 13.0 Å². The minimum Gasteiger partial charge on any atom is -0.355 e. The summed E-state index contributed by atoms with van der Waals surface area (Å²) < 4.78 is 0. The average molecular weight is 372 g/mol. The van der Waals surface area contributed by atoms with Crippen LogP contribution >= 0.6 is 0 Å². The van der Waals surface area contributed by atoms with Gasteiger partial charge in [-0.3, -0.25) is 14.7 Å². The van der Waals surface area contributed by atoms with Crippen LogP contribution in [0.15, 0.2) is 73.1 Å². The van der Waals surface area contributed by atoms with E-state index in [0.29, 0.717) is 11.3 Å². The molecule has 0 aliphatic carbocycles. The van der Waals surface area contributed by atoms with E-state index in [9.17, 15) is 4.79 Å². The molecule has 0 unspecified atom stereocenters. The smallest absolute Gasteiger partial charge is 0.212 e. The molecule has 3 heterocycles. The average Bonchev–Trinajstić information content (AvgIpc) is 3.00. The standard InChI is InChI=1S/C23H24N4O/c28-23(20-9-5-12-24-17-20)21-10-4-11-22(25-21)27-14-6-13-26(15-16-27)18-19-7-2-1-3-8-19/h1-5,7-12,17H,6,13-16,18H2. The van der Waals surface area contributed by atoms with Gasteiger partial charge in [-0.15, -0.1) is 0 Å². The van der Waals surface area contributed by atoms with E-state index >= 15 is 0 Å². The summed E-state index contributed by atoms with van der Waals surface area (Å²) in [4.78, 5) is 26.1. The SMILES string of the molecule is O=C(c1cccnc1)c1cccc(N2CCCN(Cc3ccccc3)CC2)n1. The number of ketones is 1. The van der Waals surface area contributed by atoms with E-state index in [-0.39, 0.29) is 5.78 Å². The summed E-state index contributed by atoms with van der Waals surface area (Å²) in [7, 11) is 0. The fourth-order valence-corrected chi connectivity index (χ4v) is 3.57. The van der Waals surface area contributed by atoms with E-state index in [1.165, 1.54) is 5.56 Å². The Kier molecular flexibility index (Phi) is 5.73. The Bertz CT molecular complexity index is 914. The molecule has 2 aromatic heterocycles. The minimum absolute atomic E-state index is 0.0875. The maximum absolute atomic E-state index is 12.7. The fraction of sp³-hybridized carbons (Fsp3) is 0.261. The summed E-state index contributed by atoms with van der Waals surface area (Å²) in [5.41, 5.74) is 2.38. The summed E-state index contributed by atoms with van der Waals surface area (Å²) in [6, 6.07) is 19.8. The predicted molar refractivity (Wildman–Crippen MR) is 110 cm³/mol. The van der Waals surface area contributed by atoms with Crippen molar-refractivity contribution in [2.75, 3.05) is 31.1 Å². The summed E-state index contributed by atoms with van der Waals surface area (Å²) >= 11 is 0. The largest absolute Gasteiger partial charge is 0.355 e. The van der Waals surface area contributed by atoms with Crippen molar-refractivity contribution in [1.82, 2.24) is 14.9 Å². The van der Waals surface area contributed by atoms with Gasteiger partial charge in [-0.25, -0.2) is 4.98 Å². The van der Waals surface area contributed by atoms with E-state index in [2.05, 4.69) is 50.1 Å². The predicted octanol–water partition coefficient (Wildman–Crippen LogP) is 3.42. The molecule has 0 N–H and O–H groups in total. The molecule has 0 spiro atoms. The highest BCUT2D eigenvalue weighted by atomic mass is 16.1. The molecule has 4 rings (SSSR count). The summed E-state index contributed by atoms with van der Waals surface area (Å²) in [6.07, 6.45) is 4.33. The van der Waals surface area contributed by atoms with Crippen molar-refractivity contribution in [1.29, 1.82) is 0 Å². The van der Waals surface area contributed by atoms with E-state index in [0.717, 1.165) is 45.0 Å². The molecule has 0 atom stereocenters. The van der Waals surface area contributed by atoms with Crippen LogP contribution in [0.25, 0.3) is 0 Å². The maximum atomic E-state index is 12.7. The molecule has 1 aliphatic rings. The van der Waals surface area contributed by atoms with Crippen LogP contribution in [0.4, 0.5) is 5.82 Å². The van der Waals surface area contributed by atoms with E-state index in [1.54, 1.807) is 30.6 Å². The molecule has 0 radical (unpaired) electrons. The van der Waals surface area contributed by atoms with Crippen LogP contribution in [-0.4, -0.2) is 46.8 Å². The van der Waals surface area contributed by atoms with Crippen molar-refractivity contribution >= 4 is 11.6 Å². The van der Waals surface area contributed by atoms with Gasteiger partial charge in [-0.1, -0.05) is 36.4 Å². The summed E-state index contributed by atoms with van der Waals surface area (Å²) in [5, 5.41) is 0. The number of nitrogens with zero attached hydrogens (tertiary/aromatic N) is 4. The number of hydrogen-bond acceptors (Lipinski definition) is 5. The number of carbonyl (C=O) groups is 1. The third-order valence-electron chi connectivity index (χ3n) is 5.05. The Balaban J connectivity index is 1.44. The van der Waals surface area contributed by atoms with Crippen molar-refractivity contribution in [2.24, 2.45) is 0 Å². The molecule has 5 heteroatoms. The van der Waals surface area contributed by atoms with Gasteiger partial charge in [0.25, 0.3) is 0 Å². The second kappa shape index (κ2) is 8.76. The molecule has 0 bridgehead atoms. The minimum atomic E-state index is -0.0875. The molecule has 142 valence electrons. The van der Waals surface area contributed by atoms with Gasteiger partial charge in [0.05, 0.1) is 0 Å². The third kappa shape index (κ3) is 4.43. The molecule has 1 aliphatic heterocycles. The van der Waals surface area contributed by atoms with Crippen LogP contribution in [0.1, 0.15) is 28.0 Å². The summed E-state index contributed by atoms with van der Waals surface area (Å²) in [6.45, 7) is 4.88. The van der Waals surface area contributed by atoms with Gasteiger partial charge in [-0.2, -0.15) is 0 Å². The lowest BCUT2D eigenvalue weighted by Crippen LogP contribution is -2.31. The highest BCUT2D eigenvalue weighted by molar-refractivity contribution is 6.07. The zero-order valence-corrected chi connectivity index (χ0v) is 15.9. The van der Waals surface area contributed by atoms with Crippen molar-refractivity contribution in [3.8, 4) is 0 Å². The Morgan fingerprint density at radius 3 is 2.61 bits per heavy atom. The monoisotopic (exact) mass is 372 g/mol. The molecular formula is C23H24N4O. The topological polar surface area (TPSA) is 49.3 Å². The zero-order valence-electron chi connectivity index (χ0n) is 15.9. The quantitative estimate of drug-likeness (QED) is 0.643. The number of benzene rings is 1. The lowest BCUT2D eigenvalue weighted by atomic mass is 10.1. The Hall–Kier alpha value is -3.05. The van der Waals surface area contributed by atoms with Gasteiger partial charge in [0.2, 0.25) is 5.78 Å². The van der Waals surface area contributed by atoms with Crippen LogP contribution in [0.2, 0.25) is 0 Å². The first-order valence-electron chi connectivity index (χ1n) is 9.72. The highest BCUT2D eigenvalue weighted by Crippen LogP contribution is 2.17. The van der Waals surface area contributed by atoms with Gasteiger partial charge >= 0.3 is 0 Å². The molecule has 28 heavy (non-hydrogen) atoms. The maximum Gasteiger partial charge on any atom is 0.212 e. The lowest BCUT2D eigenvalue weighted by molar-refractivity contribution is 0.103. The van der Waals surface area contributed by atoms with Crippen molar-refractivity contribution in [3.63, 3.8) is 0 Å². The van der Waals surface area contributed by atoms with Crippen molar-refractivity contribution < 1.29 is 4.79 Å². The number of aromatic nitrogens is 2. The van der Waals surface area contributed by atoms with Gasteiger partial charge in [0, 0.05) is 50.7 Å². The summed E-state index contributed by atoms with van der Waals surface area (Å²) in [5.74, 6) is 0.784. The second-order valence-electron chi connectivity index (χ2n) is 7.05. The molecule has 1 saturated heterocycles. The van der Waals surface area contributed by atoms with Crippen LogP contribution in [0.3, 0.4) is 0 Å². The zero-order chi connectivity index (χ0) is 19.2. The van der Waals surface area contributed by atoms with Gasteiger partial charge in [0.15, 0.2) is 0 Å². The molecule has 1 aromatic carbocycles. The van der Waals surface area contributed by atoms with Crippen LogP contribution < -0.4 is 4.90 Å². The number of anilines is 1. The van der Waals surface area contributed by atoms with Gasteiger partial charge in [-0.05, 0) is 36.2 Å². The van der Waals surface area contributed by atoms with Crippen LogP contribution in [0, 0.1) is 0 Å². The molecule has 0 saturated carbocycles. The number of hydrogen-bond donors (Lipinski definition) is 0. The normalized spacial score (nSPS) is 15.2. The van der Waals surface area contributed by atoms with Crippen LogP contribution in [-0.2, 0) is 6.54 Å². The first-order valence-corrected chi connectivity index (χ1v) is 9.72. The van der Waals surface area contributed by atoms with E-state index in [1.807, 2.05) is 12.1 Å². The number of pyridine rings is 2. The van der Waals surface area contributed by atoms with Gasteiger partial charge in [0.1, 0.15) is 11.5 Å². The fourth-order valence-electron chi connectivity index (χ4n) is 3.57. The molecule has 0 amide bonds. The first-order chi connectivity index (χ1) is 13.8. The Morgan fingerprint density at radius 2 is 1.79 bits per heavy atom. The number of carbonyl (C=O) groups excluding carboxylic acids is 1. The highest BCUT2D eigenvalue weighted by Gasteiger charge is 2.18. The molecule has 1 fully saturated rings.